The van der Waals surface area contributed by atoms with Crippen LogP contribution in [0.3, 0.4) is 0 Å². The summed E-state index contributed by atoms with van der Waals surface area (Å²) in [6, 6.07) is 16.2. The molecule has 0 spiro atoms. The van der Waals surface area contributed by atoms with Crippen molar-refractivity contribution in [3.8, 4) is 17.2 Å². The molecule has 6 heteroatoms. The lowest BCUT2D eigenvalue weighted by Crippen LogP contribution is -2.63. The average Bonchev–Trinajstić information content (AvgIpc) is 3.17. The molecule has 0 aliphatic carbocycles. The second-order valence-electron chi connectivity index (χ2n) is 6.86. The second kappa shape index (κ2) is 7.70. The van der Waals surface area contributed by atoms with Gasteiger partial charge in [0.25, 0.3) is 0 Å². The summed E-state index contributed by atoms with van der Waals surface area (Å²) >= 11 is 1.52. The van der Waals surface area contributed by atoms with Crippen LogP contribution in [0, 0.1) is 17.1 Å². The van der Waals surface area contributed by atoms with Gasteiger partial charge < -0.3 is 10.0 Å². The van der Waals surface area contributed by atoms with E-state index in [4.69, 9.17) is 0 Å². The van der Waals surface area contributed by atoms with E-state index in [1.165, 1.54) is 23.5 Å². The largest absolute Gasteiger partial charge is 0.394 e. The zero-order chi connectivity index (χ0) is 19.7. The van der Waals surface area contributed by atoms with Gasteiger partial charge in [0.2, 0.25) is 0 Å². The van der Waals surface area contributed by atoms with Gasteiger partial charge in [-0.15, -0.1) is 11.3 Å². The molecule has 28 heavy (non-hydrogen) atoms. The van der Waals surface area contributed by atoms with Crippen molar-refractivity contribution in [2.75, 3.05) is 11.5 Å². The Labute approximate surface area is 167 Å². The Morgan fingerprint density at radius 1 is 1.14 bits per heavy atom. The number of rotatable bonds is 5. The first-order valence-electron chi connectivity index (χ1n) is 9.25. The molecule has 3 atom stereocenters. The zero-order valence-corrected chi connectivity index (χ0v) is 16.2. The van der Waals surface area contributed by atoms with Gasteiger partial charge in [-0.3, -0.25) is 0 Å². The highest BCUT2D eigenvalue weighted by molar-refractivity contribution is 7.13. The summed E-state index contributed by atoms with van der Waals surface area (Å²) in [5.74, 6) is -0.336. The Hall–Kier alpha value is -2.75. The summed E-state index contributed by atoms with van der Waals surface area (Å²) in [6.45, 7) is 2.01. The summed E-state index contributed by atoms with van der Waals surface area (Å²) in [4.78, 5) is 6.52. The molecule has 1 N–H and O–H groups in total. The molecule has 0 unspecified atom stereocenters. The van der Waals surface area contributed by atoms with Gasteiger partial charge in [0.1, 0.15) is 11.9 Å². The maximum Gasteiger partial charge on any atom is 0.186 e. The minimum Gasteiger partial charge on any atom is -0.394 e. The second-order valence-corrected chi connectivity index (χ2v) is 7.70. The molecule has 3 aromatic rings. The van der Waals surface area contributed by atoms with Crippen LogP contribution in [0.2, 0.25) is 0 Å². The molecule has 1 fully saturated rings. The maximum absolute atomic E-state index is 13.1. The lowest BCUT2D eigenvalue weighted by Gasteiger charge is -2.51. The van der Waals surface area contributed by atoms with Gasteiger partial charge in [-0.1, -0.05) is 43.3 Å². The third kappa shape index (κ3) is 3.17. The summed E-state index contributed by atoms with van der Waals surface area (Å²) in [6.07, 6.45) is 0.847. The van der Waals surface area contributed by atoms with Crippen LogP contribution >= 0.6 is 11.3 Å². The van der Waals surface area contributed by atoms with Crippen LogP contribution in [0.1, 0.15) is 24.1 Å². The highest BCUT2D eigenvalue weighted by Crippen LogP contribution is 2.44. The molecule has 0 saturated carbocycles. The summed E-state index contributed by atoms with van der Waals surface area (Å²) < 4.78 is 13.1. The van der Waals surface area contributed by atoms with Crippen molar-refractivity contribution in [2.24, 2.45) is 0 Å². The Kier molecular flexibility index (Phi) is 5.12. The number of thiazole rings is 1. The van der Waals surface area contributed by atoms with Gasteiger partial charge in [-0.05, 0) is 35.2 Å². The van der Waals surface area contributed by atoms with Crippen LogP contribution in [-0.4, -0.2) is 28.8 Å². The number of aryl methyl sites for hydroxylation is 1. The van der Waals surface area contributed by atoms with Crippen molar-refractivity contribution in [2.45, 2.75) is 31.3 Å². The van der Waals surface area contributed by atoms with E-state index in [1.54, 1.807) is 12.1 Å². The Bertz CT molecular complexity index is 994. The number of nitriles is 1. The van der Waals surface area contributed by atoms with E-state index >= 15 is 0 Å². The average molecular weight is 393 g/mol. The van der Waals surface area contributed by atoms with Gasteiger partial charge in [-0.25, -0.2) is 9.37 Å². The lowest BCUT2D eigenvalue weighted by atomic mass is 9.76. The lowest BCUT2D eigenvalue weighted by molar-refractivity contribution is 0.187. The minimum atomic E-state index is -0.357. The summed E-state index contributed by atoms with van der Waals surface area (Å²) in [5.41, 5.74) is 3.94. The molecule has 0 amide bonds. The van der Waals surface area contributed by atoms with Crippen LogP contribution in [0.5, 0.6) is 0 Å². The van der Waals surface area contributed by atoms with E-state index in [-0.39, 0.29) is 30.4 Å². The molecular weight excluding hydrogens is 373 g/mol. The Morgan fingerprint density at radius 3 is 2.32 bits per heavy atom. The topological polar surface area (TPSA) is 60.2 Å². The third-order valence-corrected chi connectivity index (χ3v) is 6.23. The molecule has 2 aromatic carbocycles. The van der Waals surface area contributed by atoms with Crippen molar-refractivity contribution in [3.63, 3.8) is 0 Å². The van der Waals surface area contributed by atoms with E-state index < -0.39 is 0 Å². The van der Waals surface area contributed by atoms with Crippen molar-refractivity contribution < 1.29 is 9.50 Å². The first-order chi connectivity index (χ1) is 13.7. The number of hydrogen-bond acceptors (Lipinski definition) is 5. The molecule has 0 radical (unpaired) electrons. The molecule has 1 aliphatic heterocycles. The number of benzene rings is 2. The zero-order valence-electron chi connectivity index (χ0n) is 15.4. The summed E-state index contributed by atoms with van der Waals surface area (Å²) in [7, 11) is 0. The fourth-order valence-corrected chi connectivity index (χ4v) is 4.79. The predicted molar refractivity (Wildman–Crippen MR) is 109 cm³/mol. The van der Waals surface area contributed by atoms with Crippen LogP contribution < -0.4 is 4.90 Å². The van der Waals surface area contributed by atoms with E-state index in [0.717, 1.165) is 33.9 Å². The van der Waals surface area contributed by atoms with Gasteiger partial charge in [0, 0.05) is 11.3 Å². The number of aliphatic hydroxyl groups excluding tert-OH is 1. The molecule has 1 aromatic heterocycles. The standard InChI is InChI=1S/C22H20FN3OS/c1-2-18-13-28-22(25-18)26-19(11-24)21(20(26)12-27)16-5-3-14(4-6-16)15-7-9-17(23)10-8-15/h3-10,13,19-21,27H,2,12H2,1H3/t19-,20+,21-/m1/s1. The van der Waals surface area contributed by atoms with Crippen molar-refractivity contribution >= 4 is 16.5 Å². The van der Waals surface area contributed by atoms with Crippen LogP contribution in [0.4, 0.5) is 9.52 Å². The fourth-order valence-electron chi connectivity index (χ4n) is 3.79. The highest BCUT2D eigenvalue weighted by atomic mass is 32.1. The molecule has 2 heterocycles. The van der Waals surface area contributed by atoms with Gasteiger partial charge >= 0.3 is 0 Å². The first kappa shape index (κ1) is 18.6. The van der Waals surface area contributed by atoms with Crippen molar-refractivity contribution in [3.05, 3.63) is 71.0 Å². The molecular formula is C22H20FN3OS. The van der Waals surface area contributed by atoms with E-state index in [1.807, 2.05) is 41.5 Å². The number of halogens is 1. The molecule has 142 valence electrons. The maximum atomic E-state index is 13.1. The van der Waals surface area contributed by atoms with Gasteiger partial charge in [0.05, 0.1) is 24.4 Å². The third-order valence-electron chi connectivity index (χ3n) is 5.33. The number of nitrogens with zero attached hydrogens (tertiary/aromatic N) is 3. The first-order valence-corrected chi connectivity index (χ1v) is 10.1. The molecule has 1 aliphatic rings. The number of anilines is 1. The molecule has 4 rings (SSSR count). The fraction of sp³-hybridized carbons (Fsp3) is 0.273. The SMILES string of the molecule is CCc1csc(N2[C@H](C#N)[C@@H](c3ccc(-c4ccc(F)cc4)cc3)[C@@H]2CO)n1. The van der Waals surface area contributed by atoms with Crippen molar-refractivity contribution in [1.29, 1.82) is 5.26 Å². The quantitative estimate of drug-likeness (QED) is 0.699. The van der Waals surface area contributed by atoms with Crippen LogP contribution in [0.15, 0.2) is 53.9 Å². The van der Waals surface area contributed by atoms with Gasteiger partial charge in [-0.2, -0.15) is 5.26 Å². The highest BCUT2D eigenvalue weighted by Gasteiger charge is 2.50. The number of hydrogen-bond donors (Lipinski definition) is 1. The van der Waals surface area contributed by atoms with E-state index in [0.29, 0.717) is 0 Å². The molecule has 1 saturated heterocycles. The Morgan fingerprint density at radius 2 is 1.79 bits per heavy atom. The Balaban J connectivity index is 1.59. The van der Waals surface area contributed by atoms with Crippen LogP contribution in [0.25, 0.3) is 11.1 Å². The minimum absolute atomic E-state index is 0.0381. The molecule has 4 nitrogen and oxygen atoms in total. The van der Waals surface area contributed by atoms with Crippen molar-refractivity contribution in [1.82, 2.24) is 4.98 Å². The van der Waals surface area contributed by atoms with E-state index in [2.05, 4.69) is 11.1 Å². The smallest absolute Gasteiger partial charge is 0.186 e. The van der Waals surface area contributed by atoms with Crippen LogP contribution in [-0.2, 0) is 6.42 Å². The number of aromatic nitrogens is 1. The normalized spacial score (nSPS) is 21.2. The monoisotopic (exact) mass is 393 g/mol. The van der Waals surface area contributed by atoms with E-state index in [9.17, 15) is 14.8 Å². The number of aliphatic hydroxyl groups is 1. The van der Waals surface area contributed by atoms with Gasteiger partial charge in [0.15, 0.2) is 5.13 Å². The molecule has 0 bridgehead atoms. The predicted octanol–water partition coefficient (Wildman–Crippen LogP) is 4.37. The summed E-state index contributed by atoms with van der Waals surface area (Å²) in [5, 5.41) is 22.5.